The van der Waals surface area contributed by atoms with Crippen molar-refractivity contribution < 1.29 is 38.1 Å². The average Bonchev–Trinajstić information content (AvgIpc) is 3.66. The summed E-state index contributed by atoms with van der Waals surface area (Å²) in [4.78, 5) is 52.3. The first-order valence-corrected chi connectivity index (χ1v) is 12.9. The van der Waals surface area contributed by atoms with Gasteiger partial charge < -0.3 is 33.7 Å². The van der Waals surface area contributed by atoms with Gasteiger partial charge in [-0.2, -0.15) is 0 Å². The van der Waals surface area contributed by atoms with Crippen LogP contribution in [0, 0.1) is 11.7 Å². The number of aromatic nitrogens is 1. The molecule has 0 unspecified atom stereocenters. The summed E-state index contributed by atoms with van der Waals surface area (Å²) in [6.07, 6.45) is 3.92. The second-order valence-electron chi connectivity index (χ2n) is 9.86. The molecule has 0 amide bonds. The molecule has 1 N–H and O–H groups in total. The Hall–Kier alpha value is -3.80. The van der Waals surface area contributed by atoms with Crippen LogP contribution < -0.4 is 15.1 Å². The van der Waals surface area contributed by atoms with Crippen LogP contribution in [0.2, 0.25) is 5.02 Å². The van der Waals surface area contributed by atoms with Crippen molar-refractivity contribution in [2.24, 2.45) is 5.92 Å². The Labute approximate surface area is 227 Å². The van der Waals surface area contributed by atoms with Crippen molar-refractivity contribution in [2.75, 3.05) is 38.8 Å². The van der Waals surface area contributed by atoms with Gasteiger partial charge in [-0.1, -0.05) is 11.6 Å². The first kappa shape index (κ1) is 26.8. The number of carboxylic acid groups (broad SMARTS) is 1. The van der Waals surface area contributed by atoms with Gasteiger partial charge in [0.1, 0.15) is 11.5 Å². The lowest BCUT2D eigenvalue weighted by atomic mass is 9.91. The number of carbonyl (C=O) groups is 3. The predicted molar refractivity (Wildman–Crippen MR) is 138 cm³/mol. The Morgan fingerprint density at radius 3 is 2.54 bits per heavy atom. The lowest BCUT2D eigenvalue weighted by molar-refractivity contribution is -0.140. The number of pyridine rings is 1. The minimum absolute atomic E-state index is 0.0252. The van der Waals surface area contributed by atoms with Gasteiger partial charge in [0.25, 0.3) is 0 Å². The van der Waals surface area contributed by atoms with Crippen LogP contribution in [0.5, 0.6) is 5.75 Å². The SMILES string of the molecule is COC(=O)C=C(C(=O)OC)N1CCC[C@H]2CN(c3c(F)cc4c(=O)c(OC(=O)O)cn(C5CC5)c4c3Cl)C[C@H]21. The van der Waals surface area contributed by atoms with E-state index in [-0.39, 0.29) is 39.8 Å². The van der Waals surface area contributed by atoms with Crippen LogP contribution in [0.4, 0.5) is 14.9 Å². The van der Waals surface area contributed by atoms with E-state index >= 15 is 4.39 Å². The number of ether oxygens (including phenoxy) is 3. The van der Waals surface area contributed by atoms with Crippen molar-refractivity contribution in [3.63, 3.8) is 0 Å². The molecule has 39 heavy (non-hydrogen) atoms. The molecule has 2 aromatic rings. The lowest BCUT2D eigenvalue weighted by Gasteiger charge is -2.38. The van der Waals surface area contributed by atoms with E-state index in [9.17, 15) is 19.2 Å². The smallest absolute Gasteiger partial charge is 0.466 e. The van der Waals surface area contributed by atoms with E-state index in [2.05, 4.69) is 4.74 Å². The second-order valence-corrected chi connectivity index (χ2v) is 10.2. The molecule has 1 aliphatic carbocycles. The van der Waals surface area contributed by atoms with Crippen LogP contribution in [0.25, 0.3) is 10.9 Å². The number of esters is 2. The highest BCUT2D eigenvalue weighted by molar-refractivity contribution is 6.38. The maximum atomic E-state index is 15.7. The van der Waals surface area contributed by atoms with E-state index in [4.69, 9.17) is 26.2 Å². The zero-order valence-corrected chi connectivity index (χ0v) is 22.1. The van der Waals surface area contributed by atoms with Gasteiger partial charge in [-0.15, -0.1) is 0 Å². The predicted octanol–water partition coefficient (Wildman–Crippen LogP) is 3.32. The zero-order chi connectivity index (χ0) is 28.0. The van der Waals surface area contributed by atoms with Crippen molar-refractivity contribution in [1.82, 2.24) is 9.47 Å². The van der Waals surface area contributed by atoms with Gasteiger partial charge >= 0.3 is 18.1 Å². The number of piperidine rings is 1. The molecular formula is C26H27ClFN3O8. The molecule has 208 valence electrons. The molecule has 3 heterocycles. The van der Waals surface area contributed by atoms with Gasteiger partial charge in [0, 0.05) is 25.7 Å². The summed E-state index contributed by atoms with van der Waals surface area (Å²) in [5.41, 5.74) is -0.269. The second kappa shape index (κ2) is 10.4. The van der Waals surface area contributed by atoms with Crippen LogP contribution in [-0.2, 0) is 19.1 Å². The van der Waals surface area contributed by atoms with Crippen molar-refractivity contribution in [3.05, 3.63) is 45.1 Å². The minimum Gasteiger partial charge on any atom is -0.466 e. The molecule has 1 saturated carbocycles. The van der Waals surface area contributed by atoms with Crippen molar-refractivity contribution in [1.29, 1.82) is 0 Å². The monoisotopic (exact) mass is 563 g/mol. The highest BCUT2D eigenvalue weighted by atomic mass is 35.5. The first-order chi connectivity index (χ1) is 18.6. The molecule has 2 saturated heterocycles. The van der Waals surface area contributed by atoms with Crippen molar-refractivity contribution in [2.45, 2.75) is 37.8 Å². The molecule has 3 fully saturated rings. The molecule has 0 spiro atoms. The maximum Gasteiger partial charge on any atom is 0.511 e. The molecule has 13 heteroatoms. The number of benzene rings is 1. The standard InChI is InChI=1S/C26H27ClFN3O8/c1-37-20(32)9-17(25(34)38-2)30-7-3-4-13-10-29(11-18(13)30)23-16(28)8-15-22(21(23)27)31(14-5-6-14)12-19(24(15)33)39-26(35)36/h8-9,12-14,18H,3-7,10-11H2,1-2H3,(H,35,36)/t13-,18+/m0/s1. The van der Waals surface area contributed by atoms with Crippen LogP contribution in [-0.4, -0.2) is 72.6 Å². The summed E-state index contributed by atoms with van der Waals surface area (Å²) in [5.74, 6) is -2.49. The third kappa shape index (κ3) is 4.88. The first-order valence-electron chi connectivity index (χ1n) is 12.5. The van der Waals surface area contributed by atoms with E-state index in [1.54, 1.807) is 14.4 Å². The van der Waals surface area contributed by atoms with Crippen LogP contribution >= 0.6 is 11.6 Å². The third-order valence-corrected chi connectivity index (χ3v) is 7.90. The average molecular weight is 564 g/mol. The summed E-state index contributed by atoms with van der Waals surface area (Å²) >= 11 is 6.83. The van der Waals surface area contributed by atoms with Gasteiger partial charge in [0.2, 0.25) is 5.43 Å². The molecule has 11 nitrogen and oxygen atoms in total. The Balaban J connectivity index is 1.56. The number of carbonyl (C=O) groups excluding carboxylic acids is 2. The molecule has 2 atom stereocenters. The van der Waals surface area contributed by atoms with Crippen molar-refractivity contribution >= 4 is 46.3 Å². The van der Waals surface area contributed by atoms with Crippen molar-refractivity contribution in [3.8, 4) is 5.75 Å². The van der Waals surface area contributed by atoms with E-state index in [0.717, 1.165) is 37.8 Å². The molecule has 0 bridgehead atoms. The van der Waals surface area contributed by atoms with E-state index in [0.29, 0.717) is 25.2 Å². The fourth-order valence-corrected chi connectivity index (χ4v) is 6.11. The number of likely N-dealkylation sites (tertiary alicyclic amines) is 1. The summed E-state index contributed by atoms with van der Waals surface area (Å²) < 4.78 is 31.7. The molecular weight excluding hydrogens is 537 g/mol. The quantitative estimate of drug-likeness (QED) is 0.413. The zero-order valence-electron chi connectivity index (χ0n) is 21.3. The molecule has 1 aromatic heterocycles. The Morgan fingerprint density at radius 1 is 1.15 bits per heavy atom. The number of halogens is 2. The number of rotatable bonds is 6. The molecule has 5 rings (SSSR count). The molecule has 0 radical (unpaired) electrons. The third-order valence-electron chi connectivity index (χ3n) is 7.55. The van der Waals surface area contributed by atoms with Gasteiger partial charge in [-0.05, 0) is 37.7 Å². The highest BCUT2D eigenvalue weighted by Crippen LogP contribution is 2.45. The van der Waals surface area contributed by atoms with Gasteiger partial charge in [-0.3, -0.25) is 4.79 Å². The van der Waals surface area contributed by atoms with Gasteiger partial charge in [0.05, 0.1) is 54.1 Å². The van der Waals surface area contributed by atoms with Crippen LogP contribution in [0.3, 0.4) is 0 Å². The van der Waals surface area contributed by atoms with E-state index < -0.39 is 35.1 Å². The number of nitrogens with zero attached hydrogens (tertiary/aromatic N) is 3. The summed E-state index contributed by atoms with van der Waals surface area (Å²) in [5, 5.41) is 9.01. The summed E-state index contributed by atoms with van der Waals surface area (Å²) in [7, 11) is 2.44. The number of anilines is 1. The number of hydrogen-bond acceptors (Lipinski definition) is 9. The number of hydrogen-bond donors (Lipinski definition) is 1. The Bertz CT molecular complexity index is 1450. The Morgan fingerprint density at radius 2 is 1.90 bits per heavy atom. The minimum atomic E-state index is -1.64. The van der Waals surface area contributed by atoms with Crippen LogP contribution in [0.1, 0.15) is 31.7 Å². The number of fused-ring (bicyclic) bond motifs is 2. The van der Waals surface area contributed by atoms with Crippen LogP contribution in [0.15, 0.2) is 28.8 Å². The number of methoxy groups -OCH3 is 2. The molecule has 3 aliphatic rings. The summed E-state index contributed by atoms with van der Waals surface area (Å²) in [6, 6.07) is 0.808. The molecule has 1 aromatic carbocycles. The largest absolute Gasteiger partial charge is 0.511 e. The normalized spacial score (nSPS) is 21.1. The van der Waals surface area contributed by atoms with E-state index in [1.807, 2.05) is 0 Å². The maximum absolute atomic E-state index is 15.7. The van der Waals surface area contributed by atoms with E-state index in [1.165, 1.54) is 20.4 Å². The van der Waals surface area contributed by atoms with Gasteiger partial charge in [0.15, 0.2) is 5.75 Å². The molecule has 2 aliphatic heterocycles. The summed E-state index contributed by atoms with van der Waals surface area (Å²) in [6.45, 7) is 1.23. The fourth-order valence-electron chi connectivity index (χ4n) is 5.70. The topological polar surface area (TPSA) is 128 Å². The van der Waals surface area contributed by atoms with Gasteiger partial charge in [-0.25, -0.2) is 18.8 Å². The fraction of sp³-hybridized carbons (Fsp3) is 0.462. The lowest BCUT2D eigenvalue weighted by Crippen LogP contribution is -2.46. The highest BCUT2D eigenvalue weighted by Gasteiger charge is 2.43. The Kier molecular flexibility index (Phi) is 7.15.